The van der Waals surface area contributed by atoms with Gasteiger partial charge in [-0.1, -0.05) is 107 Å². The second-order valence-electron chi connectivity index (χ2n) is 14.9. The second kappa shape index (κ2) is 11.1. The molecule has 0 bridgehead atoms. The molecule has 0 aliphatic rings. The smallest absolute Gasteiger partial charge is 0.382 e. The molecular weight excluding hydrogens is 506 g/mol. The average Bonchev–Trinajstić information content (AvgIpc) is 2.74. The van der Waals surface area contributed by atoms with Crippen molar-refractivity contribution in [2.45, 2.75) is 124 Å². The second-order valence-corrected chi connectivity index (χ2v) is 14.9. The first kappa shape index (κ1) is 33.1. The van der Waals surface area contributed by atoms with E-state index in [0.29, 0.717) is 33.4 Å². The summed E-state index contributed by atoms with van der Waals surface area (Å²) in [6, 6.07) is 5.39. The average molecular weight is 556 g/mol. The summed E-state index contributed by atoms with van der Waals surface area (Å²) in [6.07, 6.45) is 0. The molecular formula is C33H49NO6. The number of carbonyl (C=O) groups excluding carboxylic acids is 1. The minimum Gasteiger partial charge on any atom is -0.507 e. The number of aromatic hydroxyl groups is 2. The molecule has 7 heteroatoms. The van der Waals surface area contributed by atoms with Crippen LogP contribution >= 0.6 is 0 Å². The standard InChI is InChI=1S/C33H49NO6/c1-14-40-29(37)26(34(38)39)25(19-15-21(30(2,3)4)27(35)22(16-19)31(5,6)7)20-17-23(32(8,9)10)28(36)24(18-20)33(11,12)13/h15-18,25-26,35-36H,14H2,1-13H3. The van der Waals surface area contributed by atoms with E-state index in [4.69, 9.17) is 4.74 Å². The van der Waals surface area contributed by atoms with Crippen molar-refractivity contribution in [1.29, 1.82) is 0 Å². The van der Waals surface area contributed by atoms with Gasteiger partial charge in [-0.3, -0.25) is 10.1 Å². The van der Waals surface area contributed by atoms with Crippen LogP contribution in [0, 0.1) is 10.1 Å². The monoisotopic (exact) mass is 555 g/mol. The largest absolute Gasteiger partial charge is 0.507 e. The molecule has 2 N–H and O–H groups in total. The van der Waals surface area contributed by atoms with Gasteiger partial charge in [0, 0.05) is 4.92 Å². The van der Waals surface area contributed by atoms with Crippen LogP contribution in [0.2, 0.25) is 0 Å². The fraction of sp³-hybridized carbons (Fsp3) is 0.606. The van der Waals surface area contributed by atoms with Crippen molar-refractivity contribution in [1.82, 2.24) is 0 Å². The summed E-state index contributed by atoms with van der Waals surface area (Å²) in [6.45, 7) is 25.3. The van der Waals surface area contributed by atoms with Crippen molar-refractivity contribution >= 4 is 5.97 Å². The lowest BCUT2D eigenvalue weighted by Crippen LogP contribution is -2.38. The summed E-state index contributed by atoms with van der Waals surface area (Å²) in [5.41, 5.74) is 1.67. The van der Waals surface area contributed by atoms with Crippen LogP contribution in [0.15, 0.2) is 24.3 Å². The number of esters is 1. The quantitative estimate of drug-likeness (QED) is 0.215. The Labute approximate surface area is 240 Å². The van der Waals surface area contributed by atoms with E-state index in [1.165, 1.54) is 0 Å². The maximum absolute atomic E-state index is 13.3. The number of phenolic OH excluding ortho intramolecular Hbond substituents is 2. The summed E-state index contributed by atoms with van der Waals surface area (Å²) in [5, 5.41) is 35.4. The first-order valence-electron chi connectivity index (χ1n) is 14.0. The lowest BCUT2D eigenvalue weighted by molar-refractivity contribution is -0.513. The summed E-state index contributed by atoms with van der Waals surface area (Å²) < 4.78 is 5.25. The van der Waals surface area contributed by atoms with Crippen molar-refractivity contribution in [3.63, 3.8) is 0 Å². The first-order chi connectivity index (χ1) is 17.9. The van der Waals surface area contributed by atoms with E-state index in [1.54, 1.807) is 31.2 Å². The van der Waals surface area contributed by atoms with Gasteiger partial charge >= 0.3 is 12.0 Å². The van der Waals surface area contributed by atoms with Gasteiger partial charge in [0.15, 0.2) is 0 Å². The zero-order valence-corrected chi connectivity index (χ0v) is 26.6. The Hall–Kier alpha value is -3.09. The molecule has 0 amide bonds. The third-order valence-corrected chi connectivity index (χ3v) is 7.29. The highest BCUT2D eigenvalue weighted by Gasteiger charge is 2.44. The lowest BCUT2D eigenvalue weighted by Gasteiger charge is -2.32. The molecule has 0 aliphatic carbocycles. The molecule has 2 aromatic rings. The Morgan fingerprint density at radius 2 is 1.00 bits per heavy atom. The number of nitro groups is 1. The zero-order valence-electron chi connectivity index (χ0n) is 26.6. The summed E-state index contributed by atoms with van der Waals surface area (Å²) in [5.74, 6) is -1.68. The summed E-state index contributed by atoms with van der Waals surface area (Å²) >= 11 is 0. The van der Waals surface area contributed by atoms with Crippen LogP contribution in [0.1, 0.15) is 129 Å². The predicted molar refractivity (Wildman–Crippen MR) is 160 cm³/mol. The van der Waals surface area contributed by atoms with Gasteiger partial charge in [-0.05, 0) is 62.0 Å². The van der Waals surface area contributed by atoms with E-state index in [9.17, 15) is 25.1 Å². The zero-order chi connectivity index (χ0) is 31.2. The van der Waals surface area contributed by atoms with Crippen LogP contribution in [0.25, 0.3) is 0 Å². The van der Waals surface area contributed by atoms with Gasteiger partial charge in [-0.25, -0.2) is 4.79 Å². The molecule has 0 aromatic heterocycles. The highest BCUT2D eigenvalue weighted by atomic mass is 16.6. The molecule has 7 nitrogen and oxygen atoms in total. The van der Waals surface area contributed by atoms with Crippen molar-refractivity contribution < 1.29 is 24.7 Å². The Kier molecular flexibility index (Phi) is 9.16. The van der Waals surface area contributed by atoms with Crippen molar-refractivity contribution in [3.8, 4) is 11.5 Å². The number of hydrogen-bond donors (Lipinski definition) is 2. The van der Waals surface area contributed by atoms with E-state index in [1.807, 2.05) is 83.1 Å². The van der Waals surface area contributed by atoms with Gasteiger partial charge < -0.3 is 14.9 Å². The fourth-order valence-corrected chi connectivity index (χ4v) is 5.09. The first-order valence-corrected chi connectivity index (χ1v) is 14.0. The van der Waals surface area contributed by atoms with Gasteiger partial charge in [0.25, 0.3) is 0 Å². The van der Waals surface area contributed by atoms with Gasteiger partial charge in [-0.2, -0.15) is 0 Å². The van der Waals surface area contributed by atoms with Crippen LogP contribution in [0.3, 0.4) is 0 Å². The molecule has 0 radical (unpaired) electrons. The molecule has 0 fully saturated rings. The number of phenols is 2. The third kappa shape index (κ3) is 6.97. The molecule has 0 saturated carbocycles. The van der Waals surface area contributed by atoms with Gasteiger partial charge in [-0.15, -0.1) is 0 Å². The molecule has 0 aliphatic heterocycles. The Bertz CT molecular complexity index is 1110. The molecule has 2 rings (SSSR count). The van der Waals surface area contributed by atoms with Gasteiger partial charge in [0.1, 0.15) is 11.5 Å². The highest BCUT2D eigenvalue weighted by Crippen LogP contribution is 2.46. The number of carbonyl (C=O) groups is 1. The van der Waals surface area contributed by atoms with Crippen LogP contribution in [-0.2, 0) is 31.2 Å². The topological polar surface area (TPSA) is 110 Å². The lowest BCUT2D eigenvalue weighted by atomic mass is 9.72. The van der Waals surface area contributed by atoms with Crippen molar-refractivity contribution in [2.24, 2.45) is 0 Å². The third-order valence-electron chi connectivity index (χ3n) is 7.29. The maximum Gasteiger partial charge on any atom is 0.382 e. The van der Waals surface area contributed by atoms with Crippen LogP contribution < -0.4 is 0 Å². The normalized spacial score (nSPS) is 13.8. The van der Waals surface area contributed by atoms with E-state index in [2.05, 4.69) is 0 Å². The number of hydrogen-bond acceptors (Lipinski definition) is 6. The summed E-state index contributed by atoms with van der Waals surface area (Å²) in [4.78, 5) is 25.4. The van der Waals surface area contributed by atoms with E-state index in [0.717, 1.165) is 0 Å². The van der Waals surface area contributed by atoms with E-state index >= 15 is 0 Å². The molecule has 222 valence electrons. The molecule has 2 aromatic carbocycles. The summed E-state index contributed by atoms with van der Waals surface area (Å²) in [7, 11) is 0. The van der Waals surface area contributed by atoms with E-state index < -0.39 is 44.5 Å². The van der Waals surface area contributed by atoms with E-state index in [-0.39, 0.29) is 18.1 Å². The number of nitrogens with zero attached hydrogens (tertiary/aromatic N) is 1. The van der Waals surface area contributed by atoms with Crippen molar-refractivity contribution in [2.75, 3.05) is 6.61 Å². The Balaban J connectivity index is 3.20. The van der Waals surface area contributed by atoms with Crippen molar-refractivity contribution in [3.05, 3.63) is 67.8 Å². The van der Waals surface area contributed by atoms with Crippen LogP contribution in [0.4, 0.5) is 0 Å². The number of rotatable bonds is 6. The van der Waals surface area contributed by atoms with Gasteiger partial charge in [0.2, 0.25) is 0 Å². The van der Waals surface area contributed by atoms with Crippen LogP contribution in [-0.4, -0.2) is 33.8 Å². The minimum atomic E-state index is -1.74. The fourth-order valence-electron chi connectivity index (χ4n) is 5.09. The Morgan fingerprint density at radius 1 is 0.725 bits per heavy atom. The highest BCUT2D eigenvalue weighted by molar-refractivity contribution is 5.77. The van der Waals surface area contributed by atoms with Crippen LogP contribution in [0.5, 0.6) is 11.5 Å². The minimum absolute atomic E-state index is 0.00200. The number of benzene rings is 2. The Morgan fingerprint density at radius 3 is 1.20 bits per heavy atom. The predicted octanol–water partition coefficient (Wildman–Crippen LogP) is 7.63. The SMILES string of the molecule is CCOC(=O)C(C(c1cc(C(C)(C)C)c(O)c(C(C)(C)C)c1)c1cc(C(C)(C)C)c(O)c(C(C)(C)C)c1)[N+](=O)[O-]. The maximum atomic E-state index is 13.3. The molecule has 0 heterocycles. The molecule has 1 unspecified atom stereocenters. The van der Waals surface area contributed by atoms with Gasteiger partial charge in [0.05, 0.1) is 12.5 Å². The molecule has 40 heavy (non-hydrogen) atoms. The molecule has 0 spiro atoms. The number of ether oxygens (including phenoxy) is 1. The molecule has 0 saturated heterocycles. The molecule has 1 atom stereocenters.